The molecule has 4 aromatic rings. The zero-order chi connectivity index (χ0) is 27.5. The quantitative estimate of drug-likeness (QED) is 0.230. The number of amides is 2. The van der Waals surface area contributed by atoms with E-state index in [1.54, 1.807) is 23.1 Å². The first-order valence-electron chi connectivity index (χ1n) is 13.5. The molecule has 0 saturated heterocycles. The van der Waals surface area contributed by atoms with Crippen molar-refractivity contribution >= 4 is 11.8 Å². The van der Waals surface area contributed by atoms with Crippen LogP contribution in [0.15, 0.2) is 115 Å². The molecule has 0 aliphatic carbocycles. The van der Waals surface area contributed by atoms with Crippen molar-refractivity contribution in [3.8, 4) is 0 Å². The second kappa shape index (κ2) is 14.1. The number of rotatable bonds is 12. The predicted octanol–water partition coefficient (Wildman–Crippen LogP) is 6.51. The van der Waals surface area contributed by atoms with Gasteiger partial charge in [0.15, 0.2) is 0 Å². The SMILES string of the molecule is CCCNC(=O)[C@H](Cc1ccccc1)N(Cc1ccccc1F)C(=O)CC(c1ccccc1)c1ccccc1. The second-order valence-electron chi connectivity index (χ2n) is 9.69. The average Bonchev–Trinajstić information content (AvgIpc) is 2.98. The summed E-state index contributed by atoms with van der Waals surface area (Å²) in [6, 6.07) is 35.1. The van der Waals surface area contributed by atoms with Crippen LogP contribution in [0.2, 0.25) is 0 Å². The molecule has 0 aliphatic heterocycles. The van der Waals surface area contributed by atoms with Gasteiger partial charge in [-0.1, -0.05) is 116 Å². The first kappa shape index (κ1) is 27.8. The normalized spacial score (nSPS) is 11.7. The highest BCUT2D eigenvalue weighted by molar-refractivity contribution is 5.88. The standard InChI is InChI=1S/C34H35FN2O2/c1-2-22-36-34(39)32(23-26-14-6-3-7-15-26)37(25-29-20-12-13-21-31(29)35)33(38)24-30(27-16-8-4-9-17-27)28-18-10-5-11-19-28/h3-21,30,32H,2,22-25H2,1H3,(H,36,39)/t32-/m0/s1. The highest BCUT2D eigenvalue weighted by Gasteiger charge is 2.32. The molecular formula is C34H35FN2O2. The number of carbonyl (C=O) groups excluding carboxylic acids is 2. The predicted molar refractivity (Wildman–Crippen MR) is 154 cm³/mol. The summed E-state index contributed by atoms with van der Waals surface area (Å²) in [5.41, 5.74) is 3.34. The molecule has 2 amide bonds. The number of nitrogens with zero attached hydrogens (tertiary/aromatic N) is 1. The smallest absolute Gasteiger partial charge is 0.243 e. The van der Waals surface area contributed by atoms with E-state index in [1.807, 2.05) is 97.9 Å². The van der Waals surface area contributed by atoms with Crippen molar-refractivity contribution < 1.29 is 14.0 Å². The number of carbonyl (C=O) groups is 2. The monoisotopic (exact) mass is 522 g/mol. The van der Waals surface area contributed by atoms with Crippen LogP contribution >= 0.6 is 0 Å². The fraction of sp³-hybridized carbons (Fsp3) is 0.235. The fourth-order valence-electron chi connectivity index (χ4n) is 4.82. The van der Waals surface area contributed by atoms with Gasteiger partial charge in [0.05, 0.1) is 0 Å². The Morgan fingerprint density at radius 3 is 1.87 bits per heavy atom. The minimum atomic E-state index is -0.793. The van der Waals surface area contributed by atoms with E-state index in [9.17, 15) is 14.0 Å². The van der Waals surface area contributed by atoms with E-state index < -0.39 is 11.9 Å². The van der Waals surface area contributed by atoms with E-state index in [0.29, 0.717) is 18.5 Å². The maximum atomic E-state index is 14.9. The number of benzene rings is 4. The highest BCUT2D eigenvalue weighted by atomic mass is 19.1. The van der Waals surface area contributed by atoms with E-state index in [4.69, 9.17) is 0 Å². The summed E-state index contributed by atoms with van der Waals surface area (Å²) in [5, 5.41) is 2.98. The van der Waals surface area contributed by atoms with Crippen LogP contribution in [0.3, 0.4) is 0 Å². The topological polar surface area (TPSA) is 49.4 Å². The molecule has 0 radical (unpaired) electrons. The lowest BCUT2D eigenvalue weighted by molar-refractivity contribution is -0.141. The third-order valence-electron chi connectivity index (χ3n) is 6.90. The Morgan fingerprint density at radius 2 is 1.31 bits per heavy atom. The molecule has 4 nitrogen and oxygen atoms in total. The number of hydrogen-bond donors (Lipinski definition) is 1. The van der Waals surface area contributed by atoms with Crippen molar-refractivity contribution in [3.05, 3.63) is 143 Å². The molecule has 5 heteroatoms. The summed E-state index contributed by atoms with van der Waals surface area (Å²) >= 11 is 0. The molecule has 39 heavy (non-hydrogen) atoms. The summed E-state index contributed by atoms with van der Waals surface area (Å²) in [6.45, 7) is 2.49. The van der Waals surface area contributed by atoms with E-state index in [-0.39, 0.29) is 30.7 Å². The van der Waals surface area contributed by atoms with Crippen molar-refractivity contribution in [1.82, 2.24) is 10.2 Å². The van der Waals surface area contributed by atoms with Crippen LogP contribution in [0.1, 0.15) is 47.9 Å². The van der Waals surface area contributed by atoms with Crippen LogP contribution in [0.5, 0.6) is 0 Å². The Balaban J connectivity index is 1.73. The Morgan fingerprint density at radius 1 is 0.769 bits per heavy atom. The van der Waals surface area contributed by atoms with Crippen LogP contribution in [-0.4, -0.2) is 29.3 Å². The minimum absolute atomic E-state index is 0.00114. The van der Waals surface area contributed by atoms with Crippen molar-refractivity contribution in [2.45, 2.75) is 44.7 Å². The van der Waals surface area contributed by atoms with E-state index in [1.165, 1.54) is 6.07 Å². The maximum absolute atomic E-state index is 14.9. The Labute approximate surface area is 230 Å². The second-order valence-corrected chi connectivity index (χ2v) is 9.69. The third kappa shape index (κ3) is 7.64. The molecular weight excluding hydrogens is 487 g/mol. The number of hydrogen-bond acceptors (Lipinski definition) is 2. The molecule has 0 fully saturated rings. The third-order valence-corrected chi connectivity index (χ3v) is 6.90. The first-order valence-corrected chi connectivity index (χ1v) is 13.5. The fourth-order valence-corrected chi connectivity index (χ4v) is 4.82. The Kier molecular flexibility index (Phi) is 10.0. The van der Waals surface area contributed by atoms with Crippen molar-refractivity contribution in [3.63, 3.8) is 0 Å². The van der Waals surface area contributed by atoms with Gasteiger partial charge in [0.2, 0.25) is 11.8 Å². The number of halogens is 1. The van der Waals surface area contributed by atoms with Crippen LogP contribution in [0.25, 0.3) is 0 Å². The molecule has 0 spiro atoms. The lowest BCUT2D eigenvalue weighted by Crippen LogP contribution is -2.51. The van der Waals surface area contributed by atoms with E-state index in [2.05, 4.69) is 5.32 Å². The molecule has 0 aliphatic rings. The summed E-state index contributed by atoms with van der Waals surface area (Å²) in [7, 11) is 0. The summed E-state index contributed by atoms with van der Waals surface area (Å²) < 4.78 is 14.9. The highest BCUT2D eigenvalue weighted by Crippen LogP contribution is 2.30. The van der Waals surface area contributed by atoms with Crippen molar-refractivity contribution in [1.29, 1.82) is 0 Å². The van der Waals surface area contributed by atoms with Crippen molar-refractivity contribution in [2.24, 2.45) is 0 Å². The molecule has 0 bridgehead atoms. The van der Waals surface area contributed by atoms with Gasteiger partial charge in [0.25, 0.3) is 0 Å². The van der Waals surface area contributed by atoms with Gasteiger partial charge in [-0.25, -0.2) is 4.39 Å². The molecule has 4 aromatic carbocycles. The van der Waals surface area contributed by atoms with Crippen LogP contribution in [0, 0.1) is 5.82 Å². The molecule has 0 aromatic heterocycles. The molecule has 0 saturated carbocycles. The molecule has 1 atom stereocenters. The maximum Gasteiger partial charge on any atom is 0.243 e. The summed E-state index contributed by atoms with van der Waals surface area (Å²) in [5.74, 6) is -1.05. The molecule has 4 rings (SSSR count). The van der Waals surface area contributed by atoms with Crippen molar-refractivity contribution in [2.75, 3.05) is 6.54 Å². The zero-order valence-corrected chi connectivity index (χ0v) is 22.3. The van der Waals surface area contributed by atoms with Gasteiger partial charge in [-0.05, 0) is 29.2 Å². The van der Waals surface area contributed by atoms with Crippen LogP contribution in [0.4, 0.5) is 4.39 Å². The molecule has 200 valence electrons. The lowest BCUT2D eigenvalue weighted by atomic mass is 9.87. The lowest BCUT2D eigenvalue weighted by Gasteiger charge is -2.33. The summed E-state index contributed by atoms with van der Waals surface area (Å²) in [6.07, 6.45) is 1.25. The zero-order valence-electron chi connectivity index (χ0n) is 22.3. The van der Waals surface area contributed by atoms with Gasteiger partial charge in [-0.3, -0.25) is 9.59 Å². The van der Waals surface area contributed by atoms with Crippen LogP contribution < -0.4 is 5.32 Å². The number of nitrogens with one attached hydrogen (secondary N) is 1. The van der Waals surface area contributed by atoms with Gasteiger partial charge >= 0.3 is 0 Å². The van der Waals surface area contributed by atoms with Gasteiger partial charge in [-0.2, -0.15) is 0 Å². The minimum Gasteiger partial charge on any atom is -0.354 e. The summed E-state index contributed by atoms with van der Waals surface area (Å²) in [4.78, 5) is 29.4. The Bertz CT molecular complexity index is 1290. The van der Waals surface area contributed by atoms with E-state index in [0.717, 1.165) is 23.1 Å². The Hall–Kier alpha value is -4.25. The molecule has 1 N–H and O–H groups in total. The van der Waals surface area contributed by atoms with E-state index >= 15 is 0 Å². The molecule has 0 heterocycles. The first-order chi connectivity index (χ1) is 19.1. The van der Waals surface area contributed by atoms with Gasteiger partial charge < -0.3 is 10.2 Å². The largest absolute Gasteiger partial charge is 0.354 e. The average molecular weight is 523 g/mol. The van der Waals surface area contributed by atoms with Crippen LogP contribution in [-0.2, 0) is 22.6 Å². The van der Waals surface area contributed by atoms with Gasteiger partial charge in [-0.15, -0.1) is 0 Å². The van der Waals surface area contributed by atoms with Gasteiger partial charge in [0, 0.05) is 37.4 Å². The molecule has 0 unspecified atom stereocenters. The van der Waals surface area contributed by atoms with Gasteiger partial charge in [0.1, 0.15) is 11.9 Å².